The summed E-state index contributed by atoms with van der Waals surface area (Å²) in [4.78, 5) is 15.6. The van der Waals surface area contributed by atoms with Crippen molar-refractivity contribution in [1.29, 1.82) is 0 Å². The molecule has 6 nitrogen and oxygen atoms in total. The predicted molar refractivity (Wildman–Crippen MR) is 88.6 cm³/mol. The topological polar surface area (TPSA) is 71.6 Å². The first-order valence-electron chi connectivity index (χ1n) is 6.29. The molecule has 0 radical (unpaired) electrons. The van der Waals surface area contributed by atoms with Gasteiger partial charge in [0.05, 0.1) is 21.7 Å². The van der Waals surface area contributed by atoms with Crippen molar-refractivity contribution in [1.82, 2.24) is 9.99 Å². The number of thiophene rings is 1. The van der Waals surface area contributed by atoms with Gasteiger partial charge in [-0.15, -0.1) is 11.3 Å². The second kappa shape index (κ2) is 6.54. The molecule has 1 aliphatic heterocycles. The minimum Gasteiger partial charge on any atom is -0.295 e. The number of nitro groups is 1. The van der Waals surface area contributed by atoms with Gasteiger partial charge in [0.2, 0.25) is 0 Å². The summed E-state index contributed by atoms with van der Waals surface area (Å²) in [7, 11) is 0. The van der Waals surface area contributed by atoms with E-state index in [9.17, 15) is 10.1 Å². The van der Waals surface area contributed by atoms with Crippen LogP contribution >= 0.6 is 34.4 Å². The van der Waals surface area contributed by atoms with Crippen molar-refractivity contribution in [3.05, 3.63) is 33.3 Å². The van der Waals surface area contributed by atoms with Crippen LogP contribution in [0.25, 0.3) is 9.88 Å². The number of thiazole rings is 1. The van der Waals surface area contributed by atoms with Crippen LogP contribution in [-0.2, 0) is 0 Å². The summed E-state index contributed by atoms with van der Waals surface area (Å²) in [5, 5.41) is 20.0. The van der Waals surface area contributed by atoms with Crippen molar-refractivity contribution in [2.75, 3.05) is 24.6 Å². The molecule has 3 heterocycles. The zero-order valence-electron chi connectivity index (χ0n) is 11.0. The zero-order chi connectivity index (χ0) is 14.7. The fourth-order valence-corrected chi connectivity index (χ4v) is 4.36. The normalized spacial score (nSPS) is 15.7. The molecule has 110 valence electrons. The minimum absolute atomic E-state index is 0.140. The second-order valence-corrected chi connectivity index (χ2v) is 7.43. The van der Waals surface area contributed by atoms with Crippen molar-refractivity contribution >= 4 is 45.7 Å². The van der Waals surface area contributed by atoms with E-state index < -0.39 is 0 Å². The molecule has 1 fully saturated rings. The van der Waals surface area contributed by atoms with Crippen LogP contribution < -0.4 is 0 Å². The summed E-state index contributed by atoms with van der Waals surface area (Å²) in [5.74, 6) is 2.22. The Morgan fingerprint density at radius 1 is 1.38 bits per heavy atom. The molecule has 0 saturated carbocycles. The molecule has 0 spiro atoms. The van der Waals surface area contributed by atoms with Crippen molar-refractivity contribution in [3.8, 4) is 9.88 Å². The van der Waals surface area contributed by atoms with E-state index in [0.717, 1.165) is 51.5 Å². The molecule has 1 aliphatic rings. The van der Waals surface area contributed by atoms with E-state index in [0.29, 0.717) is 0 Å². The standard InChI is InChI=1S/C12H12N4O2S3/c17-16(18)11-2-1-10(21-11)12-14-9(8-20-12)7-13-15-3-5-19-6-4-15/h1-2,7-8H,3-6H2/b13-7+. The fraction of sp³-hybridized carbons (Fsp3) is 0.333. The number of aromatic nitrogens is 1. The summed E-state index contributed by atoms with van der Waals surface area (Å²) >= 11 is 4.57. The predicted octanol–water partition coefficient (Wildman–Crippen LogP) is 3.16. The van der Waals surface area contributed by atoms with E-state index in [2.05, 4.69) is 10.1 Å². The average Bonchev–Trinajstić information content (AvgIpc) is 3.15. The third-order valence-corrected chi connectivity index (χ3v) is 5.85. The van der Waals surface area contributed by atoms with Crippen molar-refractivity contribution in [2.45, 2.75) is 0 Å². The van der Waals surface area contributed by atoms with Crippen molar-refractivity contribution in [3.63, 3.8) is 0 Å². The van der Waals surface area contributed by atoms with Crippen molar-refractivity contribution < 1.29 is 4.92 Å². The Hall–Kier alpha value is -1.45. The molecular weight excluding hydrogens is 328 g/mol. The molecule has 0 bridgehead atoms. The van der Waals surface area contributed by atoms with E-state index >= 15 is 0 Å². The Morgan fingerprint density at radius 2 is 2.19 bits per heavy atom. The smallest absolute Gasteiger partial charge is 0.295 e. The Morgan fingerprint density at radius 3 is 2.90 bits per heavy atom. The lowest BCUT2D eigenvalue weighted by Crippen LogP contribution is -2.27. The molecule has 3 rings (SSSR count). The fourth-order valence-electron chi connectivity index (χ4n) is 1.81. The number of nitrogens with zero attached hydrogens (tertiary/aromatic N) is 4. The summed E-state index contributed by atoms with van der Waals surface area (Å²) in [5.41, 5.74) is 0.796. The molecule has 21 heavy (non-hydrogen) atoms. The maximum Gasteiger partial charge on any atom is 0.324 e. The van der Waals surface area contributed by atoms with Gasteiger partial charge in [-0.25, -0.2) is 4.98 Å². The van der Waals surface area contributed by atoms with Gasteiger partial charge in [0.15, 0.2) is 0 Å². The van der Waals surface area contributed by atoms with Crippen molar-refractivity contribution in [2.24, 2.45) is 5.10 Å². The van der Waals surface area contributed by atoms with Gasteiger partial charge >= 0.3 is 5.00 Å². The molecule has 0 aromatic carbocycles. The first-order chi connectivity index (χ1) is 10.2. The maximum atomic E-state index is 10.7. The number of thioether (sulfide) groups is 1. The molecule has 9 heteroatoms. The molecule has 2 aromatic rings. The molecule has 0 amide bonds. The molecule has 0 N–H and O–H groups in total. The quantitative estimate of drug-likeness (QED) is 0.486. The lowest BCUT2D eigenvalue weighted by atomic mass is 10.4. The largest absolute Gasteiger partial charge is 0.324 e. The van der Waals surface area contributed by atoms with Gasteiger partial charge in [-0.1, -0.05) is 11.3 Å². The van der Waals surface area contributed by atoms with Crippen LogP contribution in [0.1, 0.15) is 5.69 Å². The maximum absolute atomic E-state index is 10.7. The highest BCUT2D eigenvalue weighted by Crippen LogP contribution is 2.34. The highest BCUT2D eigenvalue weighted by Gasteiger charge is 2.13. The molecule has 0 unspecified atom stereocenters. The first-order valence-corrected chi connectivity index (χ1v) is 9.14. The third kappa shape index (κ3) is 3.60. The molecule has 1 saturated heterocycles. The van der Waals surface area contributed by atoms with Crippen LogP contribution in [0.3, 0.4) is 0 Å². The molecular formula is C12H12N4O2S3. The SMILES string of the molecule is O=[N+]([O-])c1ccc(-c2nc(/C=N/N3CCSCC3)cs2)s1. The molecule has 2 aromatic heterocycles. The number of hydrogen-bond donors (Lipinski definition) is 0. The lowest BCUT2D eigenvalue weighted by molar-refractivity contribution is -0.380. The average molecular weight is 340 g/mol. The van der Waals surface area contributed by atoms with E-state index in [1.165, 1.54) is 17.4 Å². The first kappa shape index (κ1) is 14.5. The summed E-state index contributed by atoms with van der Waals surface area (Å²) in [6, 6.07) is 3.25. The van der Waals surface area contributed by atoms with E-state index in [1.807, 2.05) is 22.2 Å². The summed E-state index contributed by atoms with van der Waals surface area (Å²) < 4.78 is 0. The Kier molecular flexibility index (Phi) is 4.51. The van der Waals surface area contributed by atoms with Gasteiger partial charge in [-0.3, -0.25) is 15.1 Å². The highest BCUT2D eigenvalue weighted by molar-refractivity contribution is 7.99. The Balaban J connectivity index is 1.70. The third-order valence-electron chi connectivity index (χ3n) is 2.85. The van der Waals surface area contributed by atoms with Gasteiger partial charge in [0, 0.05) is 36.0 Å². The van der Waals surface area contributed by atoms with Gasteiger partial charge in [-0.2, -0.15) is 16.9 Å². The lowest BCUT2D eigenvalue weighted by Gasteiger charge is -2.22. The number of hydrazone groups is 1. The molecule has 0 atom stereocenters. The summed E-state index contributed by atoms with van der Waals surface area (Å²) in [6.45, 7) is 1.94. The second-order valence-electron chi connectivity index (χ2n) is 4.28. The van der Waals surface area contributed by atoms with Gasteiger partial charge in [-0.05, 0) is 6.07 Å². The minimum atomic E-state index is -0.376. The summed E-state index contributed by atoms with van der Waals surface area (Å²) in [6.07, 6.45) is 1.76. The molecule has 0 aliphatic carbocycles. The van der Waals surface area contributed by atoms with Gasteiger partial charge < -0.3 is 0 Å². The van der Waals surface area contributed by atoms with Crippen LogP contribution in [-0.4, -0.2) is 45.7 Å². The van der Waals surface area contributed by atoms with Crippen LogP contribution in [0.15, 0.2) is 22.6 Å². The van der Waals surface area contributed by atoms with Crippen LogP contribution in [0.5, 0.6) is 0 Å². The Bertz CT molecular complexity index is 661. The van der Waals surface area contributed by atoms with Gasteiger partial charge in [0.25, 0.3) is 0 Å². The van der Waals surface area contributed by atoms with E-state index in [4.69, 9.17) is 0 Å². The van der Waals surface area contributed by atoms with Crippen LogP contribution in [0.2, 0.25) is 0 Å². The number of rotatable bonds is 4. The highest BCUT2D eigenvalue weighted by atomic mass is 32.2. The Labute approximate surface area is 133 Å². The van der Waals surface area contributed by atoms with Crippen LogP contribution in [0.4, 0.5) is 5.00 Å². The van der Waals surface area contributed by atoms with Gasteiger partial charge in [0.1, 0.15) is 5.01 Å². The van der Waals surface area contributed by atoms with Crippen LogP contribution in [0, 0.1) is 10.1 Å². The van der Waals surface area contributed by atoms with E-state index in [1.54, 1.807) is 12.3 Å². The monoisotopic (exact) mass is 340 g/mol. The number of hydrogen-bond acceptors (Lipinski definition) is 8. The zero-order valence-corrected chi connectivity index (χ0v) is 13.4. The van der Waals surface area contributed by atoms with E-state index in [-0.39, 0.29) is 9.92 Å².